The van der Waals surface area contributed by atoms with Crippen LogP contribution in [0.25, 0.3) is 10.2 Å². The smallest absolute Gasteiger partial charge is 0.253 e. The predicted molar refractivity (Wildman–Crippen MR) is 66.1 cm³/mol. The zero-order chi connectivity index (χ0) is 11.8. The number of aromatic nitrogens is 1. The van der Waals surface area contributed by atoms with E-state index in [1.165, 1.54) is 11.3 Å². The van der Waals surface area contributed by atoms with Gasteiger partial charge >= 0.3 is 0 Å². The van der Waals surface area contributed by atoms with Gasteiger partial charge in [0.25, 0.3) is 5.91 Å². The Balaban J connectivity index is 1.89. The van der Waals surface area contributed by atoms with Crippen molar-refractivity contribution in [3.8, 4) is 0 Å². The van der Waals surface area contributed by atoms with E-state index in [1.807, 2.05) is 12.1 Å². The molecule has 1 saturated heterocycles. The first kappa shape index (κ1) is 10.7. The van der Waals surface area contributed by atoms with Crippen molar-refractivity contribution in [1.29, 1.82) is 0 Å². The highest BCUT2D eigenvalue weighted by Gasteiger charge is 2.25. The van der Waals surface area contributed by atoms with Crippen LogP contribution in [0.1, 0.15) is 16.8 Å². The van der Waals surface area contributed by atoms with Gasteiger partial charge in [0.15, 0.2) is 0 Å². The van der Waals surface area contributed by atoms with Crippen LogP contribution in [0.4, 0.5) is 0 Å². The summed E-state index contributed by atoms with van der Waals surface area (Å²) in [6.45, 7) is 1.08. The Hall–Kier alpha value is -1.46. The number of aliphatic hydroxyl groups is 1. The Labute approximate surface area is 103 Å². The minimum Gasteiger partial charge on any atom is -0.391 e. The average Bonchev–Trinajstić information content (AvgIpc) is 2.95. The summed E-state index contributed by atoms with van der Waals surface area (Å²) in [7, 11) is 0. The van der Waals surface area contributed by atoms with Gasteiger partial charge in [0, 0.05) is 18.7 Å². The van der Waals surface area contributed by atoms with Crippen LogP contribution in [0.2, 0.25) is 0 Å². The molecular weight excluding hydrogens is 236 g/mol. The number of benzene rings is 1. The Kier molecular flexibility index (Phi) is 2.57. The Bertz CT molecular complexity index is 566. The van der Waals surface area contributed by atoms with Crippen molar-refractivity contribution in [3.63, 3.8) is 0 Å². The van der Waals surface area contributed by atoms with E-state index in [9.17, 15) is 9.90 Å². The molecule has 5 heteroatoms. The molecule has 0 spiro atoms. The average molecular weight is 248 g/mol. The van der Waals surface area contributed by atoms with Gasteiger partial charge in [-0.15, -0.1) is 11.3 Å². The zero-order valence-corrected chi connectivity index (χ0v) is 9.98. The molecule has 0 radical (unpaired) electrons. The molecule has 1 atom stereocenters. The minimum absolute atomic E-state index is 0.00292. The number of amides is 1. The fraction of sp³-hybridized carbons (Fsp3) is 0.333. The summed E-state index contributed by atoms with van der Waals surface area (Å²) < 4.78 is 1.02. The van der Waals surface area contributed by atoms with Crippen LogP contribution in [0, 0.1) is 0 Å². The summed E-state index contributed by atoms with van der Waals surface area (Å²) in [6.07, 6.45) is 0.306. The molecule has 4 nitrogen and oxygen atoms in total. The Morgan fingerprint density at radius 3 is 3.18 bits per heavy atom. The molecular formula is C12H12N2O2S. The molecule has 2 aromatic rings. The summed E-state index contributed by atoms with van der Waals surface area (Å²) in [5.41, 5.74) is 3.38. The number of likely N-dealkylation sites (tertiary alicyclic amines) is 1. The first-order valence-corrected chi connectivity index (χ1v) is 6.42. The maximum Gasteiger partial charge on any atom is 0.253 e. The van der Waals surface area contributed by atoms with Crippen LogP contribution < -0.4 is 0 Å². The highest BCUT2D eigenvalue weighted by molar-refractivity contribution is 7.16. The lowest BCUT2D eigenvalue weighted by atomic mass is 10.2. The van der Waals surface area contributed by atoms with Gasteiger partial charge in [-0.25, -0.2) is 4.98 Å². The standard InChI is InChI=1S/C12H12N2O2S/c15-9-3-4-14(6-9)12(16)8-1-2-10-11(5-8)17-7-13-10/h1-2,5,7,9,15H,3-4,6H2/t9-/m1/s1. The van der Waals surface area contributed by atoms with Gasteiger partial charge < -0.3 is 10.0 Å². The molecule has 1 fully saturated rings. The maximum atomic E-state index is 12.2. The monoisotopic (exact) mass is 248 g/mol. The third-order valence-corrected chi connectivity index (χ3v) is 3.82. The molecule has 0 saturated carbocycles. The van der Waals surface area contributed by atoms with Crippen LogP contribution in [-0.4, -0.2) is 40.1 Å². The largest absolute Gasteiger partial charge is 0.391 e. The lowest BCUT2D eigenvalue weighted by molar-refractivity contribution is 0.0765. The number of thiazole rings is 1. The summed E-state index contributed by atoms with van der Waals surface area (Å²) in [4.78, 5) is 18.0. The summed E-state index contributed by atoms with van der Waals surface area (Å²) >= 11 is 1.53. The maximum absolute atomic E-state index is 12.2. The van der Waals surface area contributed by atoms with E-state index in [2.05, 4.69) is 4.98 Å². The molecule has 0 aliphatic carbocycles. The van der Waals surface area contributed by atoms with Gasteiger partial charge in [-0.3, -0.25) is 4.79 Å². The number of carbonyl (C=O) groups excluding carboxylic acids is 1. The lowest BCUT2D eigenvalue weighted by Crippen LogP contribution is -2.29. The number of nitrogens with zero attached hydrogens (tertiary/aromatic N) is 2. The fourth-order valence-corrected chi connectivity index (χ4v) is 2.81. The first-order valence-electron chi connectivity index (χ1n) is 5.54. The molecule has 1 amide bonds. The van der Waals surface area contributed by atoms with Gasteiger partial charge in [-0.05, 0) is 24.6 Å². The van der Waals surface area contributed by atoms with E-state index >= 15 is 0 Å². The van der Waals surface area contributed by atoms with Crippen molar-refractivity contribution in [2.45, 2.75) is 12.5 Å². The van der Waals surface area contributed by atoms with Crippen molar-refractivity contribution in [2.24, 2.45) is 0 Å². The van der Waals surface area contributed by atoms with Crippen LogP contribution in [-0.2, 0) is 0 Å². The van der Waals surface area contributed by atoms with Crippen LogP contribution >= 0.6 is 11.3 Å². The number of β-amino-alcohol motifs (C(OH)–C–C–N with tert-alkyl or cyclic N) is 1. The summed E-state index contributed by atoms with van der Waals surface area (Å²) in [6, 6.07) is 5.54. The van der Waals surface area contributed by atoms with Crippen molar-refractivity contribution >= 4 is 27.5 Å². The number of aliphatic hydroxyl groups excluding tert-OH is 1. The van der Waals surface area contributed by atoms with Crippen molar-refractivity contribution < 1.29 is 9.90 Å². The van der Waals surface area contributed by atoms with Gasteiger partial charge in [0.05, 0.1) is 21.8 Å². The molecule has 1 aromatic carbocycles. The number of carbonyl (C=O) groups is 1. The van der Waals surface area contributed by atoms with Gasteiger partial charge in [-0.1, -0.05) is 0 Å². The normalized spacial score (nSPS) is 20.1. The second-order valence-corrected chi connectivity index (χ2v) is 5.11. The number of hydrogen-bond acceptors (Lipinski definition) is 4. The number of hydrogen-bond donors (Lipinski definition) is 1. The van der Waals surface area contributed by atoms with Gasteiger partial charge in [-0.2, -0.15) is 0 Å². The molecule has 1 aromatic heterocycles. The highest BCUT2D eigenvalue weighted by Crippen LogP contribution is 2.21. The summed E-state index contributed by atoms with van der Waals surface area (Å²) in [5.74, 6) is -0.00292. The van der Waals surface area contributed by atoms with Crippen molar-refractivity contribution in [1.82, 2.24) is 9.88 Å². The third kappa shape index (κ3) is 1.92. The molecule has 1 aliphatic rings. The van der Waals surface area contributed by atoms with Crippen LogP contribution in [0.15, 0.2) is 23.7 Å². The molecule has 0 bridgehead atoms. The van der Waals surface area contributed by atoms with E-state index in [-0.39, 0.29) is 12.0 Å². The quantitative estimate of drug-likeness (QED) is 0.832. The molecule has 1 N–H and O–H groups in total. The molecule has 0 unspecified atom stereocenters. The SMILES string of the molecule is O=C(c1ccc2ncsc2c1)N1CC[C@@H](O)C1. The minimum atomic E-state index is -0.369. The lowest BCUT2D eigenvalue weighted by Gasteiger charge is -2.15. The topological polar surface area (TPSA) is 53.4 Å². The van der Waals surface area contributed by atoms with E-state index in [1.54, 1.807) is 16.5 Å². The van der Waals surface area contributed by atoms with Crippen molar-refractivity contribution in [2.75, 3.05) is 13.1 Å². The summed E-state index contributed by atoms with van der Waals surface area (Å²) in [5, 5.41) is 9.43. The Morgan fingerprint density at radius 2 is 2.41 bits per heavy atom. The predicted octanol–water partition coefficient (Wildman–Crippen LogP) is 1.50. The first-order chi connectivity index (χ1) is 8.24. The highest BCUT2D eigenvalue weighted by atomic mass is 32.1. The molecule has 3 rings (SSSR count). The van der Waals surface area contributed by atoms with Gasteiger partial charge in [0.2, 0.25) is 0 Å². The Morgan fingerprint density at radius 1 is 1.53 bits per heavy atom. The van der Waals surface area contributed by atoms with E-state index in [0.717, 1.165) is 10.2 Å². The fourth-order valence-electron chi connectivity index (χ4n) is 2.10. The van der Waals surface area contributed by atoms with Crippen LogP contribution in [0.3, 0.4) is 0 Å². The van der Waals surface area contributed by atoms with E-state index in [4.69, 9.17) is 0 Å². The molecule has 2 heterocycles. The molecule has 1 aliphatic heterocycles. The third-order valence-electron chi connectivity index (χ3n) is 3.03. The second kappa shape index (κ2) is 4.09. The number of rotatable bonds is 1. The molecule has 88 valence electrons. The van der Waals surface area contributed by atoms with Gasteiger partial charge in [0.1, 0.15) is 0 Å². The van der Waals surface area contributed by atoms with E-state index < -0.39 is 0 Å². The number of fused-ring (bicyclic) bond motifs is 1. The molecule has 17 heavy (non-hydrogen) atoms. The zero-order valence-electron chi connectivity index (χ0n) is 9.17. The van der Waals surface area contributed by atoms with Crippen molar-refractivity contribution in [3.05, 3.63) is 29.3 Å². The van der Waals surface area contributed by atoms with Crippen LogP contribution in [0.5, 0.6) is 0 Å². The van der Waals surface area contributed by atoms with E-state index in [0.29, 0.717) is 25.1 Å². The second-order valence-electron chi connectivity index (χ2n) is 4.23.